The molecule has 0 spiro atoms. The molecule has 0 aliphatic heterocycles. The Balaban J connectivity index is 2.22. The molecule has 0 unspecified atom stereocenters. The van der Waals surface area contributed by atoms with E-state index in [0.717, 1.165) is 35.4 Å². The van der Waals surface area contributed by atoms with Gasteiger partial charge in [0.25, 0.3) is 0 Å². The van der Waals surface area contributed by atoms with Crippen LogP contribution in [0.25, 0.3) is 22.0 Å². The highest BCUT2D eigenvalue weighted by Crippen LogP contribution is 2.29. The molecule has 0 radical (unpaired) electrons. The highest BCUT2D eigenvalue weighted by Gasteiger charge is 2.15. The highest BCUT2D eigenvalue weighted by atomic mass is 16.4. The number of carboxylic acids is 1. The molecule has 0 saturated carbocycles. The summed E-state index contributed by atoms with van der Waals surface area (Å²) in [6, 6.07) is 9.19. The molecule has 0 atom stereocenters. The molecule has 3 aromatic rings. The SMILES string of the molecule is CCN(CC)c1ncnc2ccc(-c3cccnc3C(=O)O)cc12. The second kappa shape index (κ2) is 6.62. The first kappa shape index (κ1) is 15.9. The van der Waals surface area contributed by atoms with Gasteiger partial charge < -0.3 is 10.0 Å². The molecule has 0 amide bonds. The molecule has 0 bridgehead atoms. The van der Waals surface area contributed by atoms with Crippen LogP contribution >= 0.6 is 0 Å². The third-order valence-corrected chi connectivity index (χ3v) is 4.00. The Kier molecular flexibility index (Phi) is 4.37. The van der Waals surface area contributed by atoms with Crippen LogP contribution in [0, 0.1) is 0 Å². The standard InChI is InChI=1S/C18H18N4O2/c1-3-22(4-2)17-14-10-12(7-8-15(14)20-11-21-17)13-6-5-9-19-16(13)18(23)24/h5-11H,3-4H2,1-2H3,(H,23,24). The molecule has 0 fully saturated rings. The van der Waals surface area contributed by atoms with Crippen LogP contribution in [-0.2, 0) is 0 Å². The Labute approximate surface area is 139 Å². The molecule has 2 aromatic heterocycles. The van der Waals surface area contributed by atoms with Crippen molar-refractivity contribution in [3.05, 3.63) is 48.5 Å². The maximum absolute atomic E-state index is 11.4. The molecule has 6 heteroatoms. The molecule has 3 rings (SSSR count). The molecular weight excluding hydrogens is 304 g/mol. The van der Waals surface area contributed by atoms with Crippen molar-refractivity contribution in [2.75, 3.05) is 18.0 Å². The fourth-order valence-electron chi connectivity index (χ4n) is 2.79. The van der Waals surface area contributed by atoms with Crippen molar-refractivity contribution in [2.45, 2.75) is 13.8 Å². The van der Waals surface area contributed by atoms with Crippen LogP contribution in [0.4, 0.5) is 5.82 Å². The first-order chi connectivity index (χ1) is 11.7. The van der Waals surface area contributed by atoms with E-state index in [0.29, 0.717) is 5.56 Å². The van der Waals surface area contributed by atoms with Gasteiger partial charge in [-0.1, -0.05) is 12.1 Å². The number of nitrogens with zero attached hydrogens (tertiary/aromatic N) is 4. The van der Waals surface area contributed by atoms with E-state index in [1.54, 1.807) is 18.5 Å². The molecule has 0 aliphatic rings. The number of benzene rings is 1. The summed E-state index contributed by atoms with van der Waals surface area (Å²) >= 11 is 0. The quantitative estimate of drug-likeness (QED) is 0.777. The van der Waals surface area contributed by atoms with Crippen LogP contribution in [0.15, 0.2) is 42.9 Å². The molecule has 2 heterocycles. The van der Waals surface area contributed by atoms with Crippen LogP contribution in [0.1, 0.15) is 24.3 Å². The summed E-state index contributed by atoms with van der Waals surface area (Å²) < 4.78 is 0. The summed E-state index contributed by atoms with van der Waals surface area (Å²) in [4.78, 5) is 26.3. The number of anilines is 1. The molecule has 122 valence electrons. The fourth-order valence-corrected chi connectivity index (χ4v) is 2.79. The van der Waals surface area contributed by atoms with Crippen molar-refractivity contribution in [1.29, 1.82) is 0 Å². The maximum Gasteiger partial charge on any atom is 0.355 e. The first-order valence-corrected chi connectivity index (χ1v) is 7.84. The Morgan fingerprint density at radius 2 is 1.92 bits per heavy atom. The summed E-state index contributed by atoms with van der Waals surface area (Å²) in [6.07, 6.45) is 3.04. The Morgan fingerprint density at radius 3 is 2.62 bits per heavy atom. The van der Waals surface area contributed by atoms with Gasteiger partial charge in [0.15, 0.2) is 5.69 Å². The van der Waals surface area contributed by atoms with Crippen LogP contribution < -0.4 is 4.90 Å². The van der Waals surface area contributed by atoms with E-state index in [1.807, 2.05) is 18.2 Å². The number of aromatic nitrogens is 3. The third kappa shape index (κ3) is 2.78. The lowest BCUT2D eigenvalue weighted by Gasteiger charge is -2.21. The lowest BCUT2D eigenvalue weighted by Crippen LogP contribution is -2.23. The largest absolute Gasteiger partial charge is 0.476 e. The maximum atomic E-state index is 11.4. The molecular formula is C18H18N4O2. The number of rotatable bonds is 5. The van der Waals surface area contributed by atoms with Gasteiger partial charge in [-0.2, -0.15) is 0 Å². The minimum Gasteiger partial charge on any atom is -0.476 e. The Hall–Kier alpha value is -3.02. The molecule has 0 aliphatic carbocycles. The van der Waals surface area contributed by atoms with E-state index >= 15 is 0 Å². The minimum absolute atomic E-state index is 0.0399. The van der Waals surface area contributed by atoms with Gasteiger partial charge in [-0.25, -0.2) is 19.7 Å². The number of pyridine rings is 1. The van der Waals surface area contributed by atoms with Crippen LogP contribution in [0.3, 0.4) is 0 Å². The van der Waals surface area contributed by atoms with Crippen molar-refractivity contribution >= 4 is 22.7 Å². The van der Waals surface area contributed by atoms with E-state index in [9.17, 15) is 9.90 Å². The molecule has 1 N–H and O–H groups in total. The fraction of sp³-hybridized carbons (Fsp3) is 0.222. The van der Waals surface area contributed by atoms with Crippen molar-refractivity contribution in [2.24, 2.45) is 0 Å². The average Bonchev–Trinajstić information content (AvgIpc) is 2.62. The average molecular weight is 322 g/mol. The minimum atomic E-state index is -1.04. The van der Waals surface area contributed by atoms with Gasteiger partial charge in [-0.05, 0) is 37.6 Å². The summed E-state index contributed by atoms with van der Waals surface area (Å²) in [5, 5.41) is 10.3. The topological polar surface area (TPSA) is 79.2 Å². The number of hydrogen-bond acceptors (Lipinski definition) is 5. The summed E-state index contributed by atoms with van der Waals surface area (Å²) in [7, 11) is 0. The highest BCUT2D eigenvalue weighted by molar-refractivity contribution is 5.97. The van der Waals surface area contributed by atoms with Gasteiger partial charge in [0, 0.05) is 30.2 Å². The smallest absolute Gasteiger partial charge is 0.355 e. The number of hydrogen-bond donors (Lipinski definition) is 1. The van der Waals surface area contributed by atoms with E-state index in [1.165, 1.54) is 6.20 Å². The third-order valence-electron chi connectivity index (χ3n) is 4.00. The number of carbonyl (C=O) groups is 1. The van der Waals surface area contributed by atoms with Crippen molar-refractivity contribution < 1.29 is 9.90 Å². The molecule has 1 aromatic carbocycles. The summed E-state index contributed by atoms with van der Waals surface area (Å²) in [5.74, 6) is -0.188. The van der Waals surface area contributed by atoms with Crippen molar-refractivity contribution in [3.63, 3.8) is 0 Å². The first-order valence-electron chi connectivity index (χ1n) is 7.84. The monoisotopic (exact) mass is 322 g/mol. The van der Waals surface area contributed by atoms with Crippen LogP contribution in [0.2, 0.25) is 0 Å². The number of carboxylic acid groups (broad SMARTS) is 1. The van der Waals surface area contributed by atoms with E-state index in [4.69, 9.17) is 0 Å². The second-order valence-electron chi connectivity index (χ2n) is 5.31. The van der Waals surface area contributed by atoms with Gasteiger partial charge in [-0.15, -0.1) is 0 Å². The molecule has 0 saturated heterocycles. The van der Waals surface area contributed by atoms with Gasteiger partial charge in [-0.3, -0.25) is 0 Å². The Bertz CT molecular complexity index is 891. The molecule has 24 heavy (non-hydrogen) atoms. The normalized spacial score (nSPS) is 10.8. The predicted molar refractivity (Wildman–Crippen MR) is 93.3 cm³/mol. The number of aromatic carboxylic acids is 1. The summed E-state index contributed by atoms with van der Waals surface area (Å²) in [6.45, 7) is 5.82. The van der Waals surface area contributed by atoms with E-state index in [-0.39, 0.29) is 5.69 Å². The van der Waals surface area contributed by atoms with E-state index in [2.05, 4.69) is 33.7 Å². The molecule has 6 nitrogen and oxygen atoms in total. The number of fused-ring (bicyclic) bond motifs is 1. The zero-order chi connectivity index (χ0) is 17.1. The lowest BCUT2D eigenvalue weighted by atomic mass is 10.0. The van der Waals surface area contributed by atoms with Crippen molar-refractivity contribution in [1.82, 2.24) is 15.0 Å². The predicted octanol–water partition coefficient (Wildman–Crippen LogP) is 3.24. The second-order valence-corrected chi connectivity index (χ2v) is 5.31. The van der Waals surface area contributed by atoms with Crippen molar-refractivity contribution in [3.8, 4) is 11.1 Å². The lowest BCUT2D eigenvalue weighted by molar-refractivity contribution is 0.0691. The van der Waals surface area contributed by atoms with Gasteiger partial charge in [0.05, 0.1) is 5.52 Å². The zero-order valence-electron chi connectivity index (χ0n) is 13.6. The zero-order valence-corrected chi connectivity index (χ0v) is 13.6. The van der Waals surface area contributed by atoms with Gasteiger partial charge in [0.2, 0.25) is 0 Å². The Morgan fingerprint density at radius 1 is 1.12 bits per heavy atom. The van der Waals surface area contributed by atoms with Gasteiger partial charge in [0.1, 0.15) is 12.1 Å². The van der Waals surface area contributed by atoms with Crippen LogP contribution in [0.5, 0.6) is 0 Å². The van der Waals surface area contributed by atoms with Crippen LogP contribution in [-0.4, -0.2) is 39.1 Å². The van der Waals surface area contributed by atoms with Gasteiger partial charge >= 0.3 is 5.97 Å². The van der Waals surface area contributed by atoms with E-state index < -0.39 is 5.97 Å². The summed E-state index contributed by atoms with van der Waals surface area (Å²) in [5.41, 5.74) is 2.24.